The fourth-order valence-corrected chi connectivity index (χ4v) is 5.16. The lowest BCUT2D eigenvalue weighted by Crippen LogP contribution is -2.41. The van der Waals surface area contributed by atoms with E-state index in [2.05, 4.69) is 48.2 Å². The molecule has 1 aromatic heterocycles. The van der Waals surface area contributed by atoms with E-state index >= 15 is 0 Å². The fourth-order valence-electron chi connectivity index (χ4n) is 5.03. The average molecular weight is 491 g/mol. The van der Waals surface area contributed by atoms with Crippen molar-refractivity contribution in [1.82, 2.24) is 14.9 Å². The third-order valence-electron chi connectivity index (χ3n) is 7.04. The van der Waals surface area contributed by atoms with Gasteiger partial charge in [-0.3, -0.25) is 4.79 Å². The summed E-state index contributed by atoms with van der Waals surface area (Å²) in [7, 11) is 0. The van der Waals surface area contributed by atoms with Crippen molar-refractivity contribution < 1.29 is 9.53 Å². The number of rotatable bonds is 6. The number of aromatic nitrogens is 2. The summed E-state index contributed by atoms with van der Waals surface area (Å²) in [6.07, 6.45) is 5.37. The van der Waals surface area contributed by atoms with Gasteiger partial charge in [-0.15, -0.1) is 0 Å². The average Bonchev–Trinajstić information content (AvgIpc) is 3.39. The van der Waals surface area contributed by atoms with Crippen LogP contribution in [0.5, 0.6) is 0 Å². The first-order chi connectivity index (χ1) is 17.1. The molecule has 0 bridgehead atoms. The van der Waals surface area contributed by atoms with Crippen molar-refractivity contribution >= 4 is 23.5 Å². The molecular formula is C28H31ClN4O2. The topological polar surface area (TPSA) is 58.6 Å². The molecule has 2 aliphatic heterocycles. The van der Waals surface area contributed by atoms with E-state index in [1.165, 1.54) is 16.7 Å². The van der Waals surface area contributed by atoms with Crippen molar-refractivity contribution in [3.8, 4) is 0 Å². The molecular weight excluding hydrogens is 460 g/mol. The van der Waals surface area contributed by atoms with Gasteiger partial charge in [0.1, 0.15) is 0 Å². The molecule has 6 nitrogen and oxygen atoms in total. The molecule has 0 radical (unpaired) electrons. The molecule has 7 heteroatoms. The van der Waals surface area contributed by atoms with Crippen LogP contribution in [0.4, 0.5) is 5.95 Å². The van der Waals surface area contributed by atoms with Gasteiger partial charge in [-0.05, 0) is 61.4 Å². The van der Waals surface area contributed by atoms with Gasteiger partial charge in [-0.25, -0.2) is 9.97 Å². The van der Waals surface area contributed by atoms with Crippen molar-refractivity contribution in [3.63, 3.8) is 0 Å². The SMILES string of the molecule is Cc1ccccc1CCc1nc(N2CCC[C@@H]2c2ccc(Cl)cc2)ncc1C(=O)N1CCOCC1. The first-order valence-electron chi connectivity index (χ1n) is 12.4. The summed E-state index contributed by atoms with van der Waals surface area (Å²) in [6.45, 7) is 5.35. The van der Waals surface area contributed by atoms with E-state index in [0.717, 1.165) is 36.5 Å². The van der Waals surface area contributed by atoms with Crippen molar-refractivity contribution in [2.75, 3.05) is 37.7 Å². The normalized spacial score (nSPS) is 18.2. The molecule has 182 valence electrons. The standard InChI is InChI=1S/C28H31ClN4O2/c1-20-5-2-3-6-21(20)10-13-25-24(27(34)32-15-17-35-18-16-32)19-30-28(31-25)33-14-4-7-26(33)22-8-11-23(29)12-9-22/h2-3,5-6,8-9,11-12,19,26H,4,7,10,13-18H2,1H3/t26-/m1/s1. The number of morpholine rings is 1. The smallest absolute Gasteiger partial charge is 0.257 e. The van der Waals surface area contributed by atoms with Crippen LogP contribution in [0.25, 0.3) is 0 Å². The van der Waals surface area contributed by atoms with Gasteiger partial charge in [-0.1, -0.05) is 48.0 Å². The Bertz CT molecular complexity index is 1180. The Morgan fingerprint density at radius 3 is 2.60 bits per heavy atom. The van der Waals surface area contributed by atoms with Gasteiger partial charge in [0.2, 0.25) is 5.95 Å². The van der Waals surface area contributed by atoms with E-state index in [4.69, 9.17) is 26.3 Å². The van der Waals surface area contributed by atoms with E-state index in [-0.39, 0.29) is 11.9 Å². The van der Waals surface area contributed by atoms with Crippen LogP contribution >= 0.6 is 11.6 Å². The number of hydrogen-bond donors (Lipinski definition) is 0. The monoisotopic (exact) mass is 490 g/mol. The third kappa shape index (κ3) is 5.34. The van der Waals surface area contributed by atoms with Crippen LogP contribution in [0.2, 0.25) is 5.02 Å². The number of carbonyl (C=O) groups is 1. The summed E-state index contributed by atoms with van der Waals surface area (Å²) in [4.78, 5) is 27.3. The molecule has 1 atom stereocenters. The van der Waals surface area contributed by atoms with Gasteiger partial charge >= 0.3 is 0 Å². The van der Waals surface area contributed by atoms with Crippen LogP contribution in [0.1, 0.15) is 51.6 Å². The molecule has 0 spiro atoms. The van der Waals surface area contributed by atoms with E-state index in [1.54, 1.807) is 6.20 Å². The second-order valence-electron chi connectivity index (χ2n) is 9.26. The number of hydrogen-bond acceptors (Lipinski definition) is 5. The lowest BCUT2D eigenvalue weighted by Gasteiger charge is -2.28. The number of benzene rings is 2. The molecule has 0 unspecified atom stereocenters. The minimum absolute atomic E-state index is 0.00435. The van der Waals surface area contributed by atoms with Crippen molar-refractivity contribution in [1.29, 1.82) is 0 Å². The summed E-state index contributed by atoms with van der Waals surface area (Å²) >= 11 is 6.12. The van der Waals surface area contributed by atoms with E-state index in [9.17, 15) is 4.79 Å². The summed E-state index contributed by atoms with van der Waals surface area (Å²) < 4.78 is 5.44. The van der Waals surface area contributed by atoms with Gasteiger partial charge in [0, 0.05) is 30.9 Å². The van der Waals surface area contributed by atoms with Crippen LogP contribution < -0.4 is 4.90 Å². The molecule has 1 amide bonds. The number of nitrogens with zero attached hydrogens (tertiary/aromatic N) is 4. The molecule has 0 N–H and O–H groups in total. The van der Waals surface area contributed by atoms with E-state index < -0.39 is 0 Å². The van der Waals surface area contributed by atoms with E-state index in [1.807, 2.05) is 17.0 Å². The quantitative estimate of drug-likeness (QED) is 0.484. The van der Waals surface area contributed by atoms with Crippen molar-refractivity contribution in [3.05, 3.63) is 87.7 Å². The largest absolute Gasteiger partial charge is 0.378 e. The zero-order valence-corrected chi connectivity index (χ0v) is 20.9. The van der Waals surface area contributed by atoms with Gasteiger partial charge in [0.05, 0.1) is 30.5 Å². The lowest BCUT2D eigenvalue weighted by molar-refractivity contribution is 0.0301. The Morgan fingerprint density at radius 1 is 1.06 bits per heavy atom. The van der Waals surface area contributed by atoms with Gasteiger partial charge in [0.15, 0.2) is 0 Å². The zero-order chi connectivity index (χ0) is 24.2. The molecule has 0 aliphatic carbocycles. The maximum Gasteiger partial charge on any atom is 0.257 e. The number of aryl methyl sites for hydroxylation is 3. The first kappa shape index (κ1) is 23.8. The second kappa shape index (κ2) is 10.8. The van der Waals surface area contributed by atoms with Gasteiger partial charge in [-0.2, -0.15) is 0 Å². The molecule has 0 saturated carbocycles. The molecule has 2 saturated heterocycles. The highest BCUT2D eigenvalue weighted by Crippen LogP contribution is 2.35. The number of halogens is 1. The molecule has 3 aromatic rings. The summed E-state index contributed by atoms with van der Waals surface area (Å²) in [6, 6.07) is 16.6. The number of carbonyl (C=O) groups excluding carboxylic acids is 1. The lowest BCUT2D eigenvalue weighted by atomic mass is 10.0. The summed E-state index contributed by atoms with van der Waals surface area (Å²) in [5.41, 5.74) is 5.16. The highest BCUT2D eigenvalue weighted by Gasteiger charge is 2.30. The highest BCUT2D eigenvalue weighted by molar-refractivity contribution is 6.30. The minimum atomic E-state index is -0.00435. The number of anilines is 1. The molecule has 35 heavy (non-hydrogen) atoms. The third-order valence-corrected chi connectivity index (χ3v) is 7.29. The molecule has 2 fully saturated rings. The Kier molecular flexibility index (Phi) is 7.30. The Morgan fingerprint density at radius 2 is 1.83 bits per heavy atom. The van der Waals surface area contributed by atoms with Crippen molar-refractivity contribution in [2.24, 2.45) is 0 Å². The van der Waals surface area contributed by atoms with Gasteiger partial charge < -0.3 is 14.5 Å². The minimum Gasteiger partial charge on any atom is -0.378 e. The zero-order valence-electron chi connectivity index (χ0n) is 20.1. The van der Waals surface area contributed by atoms with Crippen LogP contribution in [0, 0.1) is 6.92 Å². The summed E-state index contributed by atoms with van der Waals surface area (Å²) in [5.74, 6) is 0.691. The second-order valence-corrected chi connectivity index (χ2v) is 9.70. The Labute approximate surface area is 211 Å². The maximum absolute atomic E-state index is 13.4. The molecule has 5 rings (SSSR count). The molecule has 2 aliphatic rings. The number of amides is 1. The Hall–Kier alpha value is -2.96. The number of ether oxygens (including phenoxy) is 1. The summed E-state index contributed by atoms with van der Waals surface area (Å²) in [5, 5.41) is 0.735. The maximum atomic E-state index is 13.4. The van der Waals surface area contributed by atoms with Crippen molar-refractivity contribution in [2.45, 2.75) is 38.6 Å². The van der Waals surface area contributed by atoms with Crippen LogP contribution in [0.15, 0.2) is 54.7 Å². The predicted molar refractivity (Wildman–Crippen MR) is 138 cm³/mol. The Balaban J connectivity index is 1.45. The predicted octanol–water partition coefficient (Wildman–Crippen LogP) is 5.04. The van der Waals surface area contributed by atoms with Crippen LogP contribution in [0.3, 0.4) is 0 Å². The van der Waals surface area contributed by atoms with Crippen LogP contribution in [-0.2, 0) is 17.6 Å². The highest BCUT2D eigenvalue weighted by atomic mass is 35.5. The van der Waals surface area contributed by atoms with Gasteiger partial charge in [0.25, 0.3) is 5.91 Å². The molecule has 2 aromatic carbocycles. The first-order valence-corrected chi connectivity index (χ1v) is 12.8. The molecule has 3 heterocycles. The van der Waals surface area contributed by atoms with E-state index in [0.29, 0.717) is 44.2 Å². The van der Waals surface area contributed by atoms with Crippen LogP contribution in [-0.4, -0.2) is 53.6 Å². The fraction of sp³-hybridized carbons (Fsp3) is 0.393.